The lowest BCUT2D eigenvalue weighted by Crippen LogP contribution is -2.22. The van der Waals surface area contributed by atoms with Crippen molar-refractivity contribution in [3.8, 4) is 11.4 Å². The van der Waals surface area contributed by atoms with Gasteiger partial charge in [0, 0.05) is 17.7 Å². The number of hydrogen-bond acceptors (Lipinski definition) is 7. The van der Waals surface area contributed by atoms with Gasteiger partial charge in [0.05, 0.1) is 4.90 Å². The summed E-state index contributed by atoms with van der Waals surface area (Å²) in [5.41, 5.74) is 8.47. The fourth-order valence-electron chi connectivity index (χ4n) is 2.84. The predicted molar refractivity (Wildman–Crippen MR) is 107 cm³/mol. The van der Waals surface area contributed by atoms with Gasteiger partial charge in [-0.15, -0.1) is 3.89 Å². The average molecular weight is 426 g/mol. The maximum atomic E-state index is 13.1. The van der Waals surface area contributed by atoms with Gasteiger partial charge in [-0.2, -0.15) is 8.42 Å². The monoisotopic (exact) mass is 426 g/mol. The molecule has 9 nitrogen and oxygen atoms in total. The van der Waals surface area contributed by atoms with Gasteiger partial charge in [0.1, 0.15) is 17.7 Å². The van der Waals surface area contributed by atoms with Crippen molar-refractivity contribution >= 4 is 33.1 Å². The first-order valence-electron chi connectivity index (χ1n) is 8.70. The van der Waals surface area contributed by atoms with Crippen LogP contribution in [0.4, 0.5) is 9.70 Å². The standard InChI is InChI=1S/C19H15FN6O3S/c20-30(28,29)14-3-1-2-13(8-14)19(27)22-9-11-4-6-12(7-5-11)17-25-15-16(21)23-10-24-18(15)26-17/h1-8,10H,9H2,(H,22,27)(H3,21,23,24,25,26). The Morgan fingerprint density at radius 3 is 2.60 bits per heavy atom. The number of nitrogen functional groups attached to an aromatic ring is 1. The number of hydrogen-bond donors (Lipinski definition) is 3. The highest BCUT2D eigenvalue weighted by Gasteiger charge is 2.15. The van der Waals surface area contributed by atoms with Crippen molar-refractivity contribution in [2.24, 2.45) is 0 Å². The summed E-state index contributed by atoms with van der Waals surface area (Å²) in [6.45, 7) is 0.199. The first kappa shape index (κ1) is 19.5. The SMILES string of the molecule is Nc1ncnc2nc(-c3ccc(CNC(=O)c4cccc(S(=O)(=O)F)c4)cc3)[nH]c12. The number of nitrogens with two attached hydrogens (primary N) is 1. The highest BCUT2D eigenvalue weighted by atomic mass is 32.3. The molecule has 4 rings (SSSR count). The van der Waals surface area contributed by atoms with E-state index in [4.69, 9.17) is 5.73 Å². The van der Waals surface area contributed by atoms with Gasteiger partial charge >= 0.3 is 10.2 Å². The first-order valence-corrected chi connectivity index (χ1v) is 10.1. The summed E-state index contributed by atoms with van der Waals surface area (Å²) in [5.74, 6) is 0.371. The van der Waals surface area contributed by atoms with Crippen molar-refractivity contribution in [3.05, 3.63) is 66.0 Å². The van der Waals surface area contributed by atoms with Crippen LogP contribution in [0, 0.1) is 0 Å². The summed E-state index contributed by atoms with van der Waals surface area (Å²) < 4.78 is 35.1. The normalized spacial score (nSPS) is 11.5. The van der Waals surface area contributed by atoms with Crippen LogP contribution in [-0.4, -0.2) is 34.3 Å². The fourth-order valence-corrected chi connectivity index (χ4v) is 3.35. The Morgan fingerprint density at radius 1 is 1.13 bits per heavy atom. The molecule has 0 bridgehead atoms. The molecule has 0 aliphatic rings. The Morgan fingerprint density at radius 2 is 1.90 bits per heavy atom. The Labute approximate surface area is 170 Å². The third kappa shape index (κ3) is 3.96. The number of benzene rings is 2. The van der Waals surface area contributed by atoms with Crippen molar-refractivity contribution in [1.82, 2.24) is 25.3 Å². The number of nitrogens with zero attached hydrogens (tertiary/aromatic N) is 3. The lowest BCUT2D eigenvalue weighted by atomic mass is 10.1. The van der Waals surface area contributed by atoms with Gasteiger partial charge in [-0.3, -0.25) is 4.79 Å². The number of H-pyrrole nitrogens is 1. The van der Waals surface area contributed by atoms with E-state index in [9.17, 15) is 17.1 Å². The van der Waals surface area contributed by atoms with Gasteiger partial charge < -0.3 is 16.0 Å². The van der Waals surface area contributed by atoms with E-state index in [-0.39, 0.29) is 12.1 Å². The minimum atomic E-state index is -4.87. The molecule has 0 radical (unpaired) electrons. The number of carbonyl (C=O) groups is 1. The molecule has 4 aromatic rings. The van der Waals surface area contributed by atoms with Crippen LogP contribution in [0.3, 0.4) is 0 Å². The topological polar surface area (TPSA) is 144 Å². The molecule has 30 heavy (non-hydrogen) atoms. The number of aromatic amines is 1. The molecule has 0 fully saturated rings. The van der Waals surface area contributed by atoms with Crippen molar-refractivity contribution in [1.29, 1.82) is 0 Å². The van der Waals surface area contributed by atoms with E-state index in [0.29, 0.717) is 22.8 Å². The number of anilines is 1. The Balaban J connectivity index is 1.46. The maximum Gasteiger partial charge on any atom is 0.332 e. The quantitative estimate of drug-likeness (QED) is 0.415. The van der Waals surface area contributed by atoms with Crippen molar-refractivity contribution in [3.63, 3.8) is 0 Å². The van der Waals surface area contributed by atoms with Gasteiger partial charge in [-0.25, -0.2) is 15.0 Å². The van der Waals surface area contributed by atoms with Crippen LogP contribution >= 0.6 is 0 Å². The van der Waals surface area contributed by atoms with Gasteiger partial charge in [0.25, 0.3) is 5.91 Å². The number of aromatic nitrogens is 4. The lowest BCUT2D eigenvalue weighted by Gasteiger charge is -2.07. The first-order chi connectivity index (χ1) is 14.3. The molecule has 1 amide bonds. The van der Waals surface area contributed by atoms with Crippen LogP contribution in [-0.2, 0) is 16.8 Å². The van der Waals surface area contributed by atoms with Crippen molar-refractivity contribution < 1.29 is 17.1 Å². The van der Waals surface area contributed by atoms with Crippen LogP contribution in [0.1, 0.15) is 15.9 Å². The Bertz CT molecular complexity index is 1350. The van der Waals surface area contributed by atoms with Crippen molar-refractivity contribution in [2.75, 3.05) is 5.73 Å². The molecule has 0 spiro atoms. The minimum absolute atomic E-state index is 0.0475. The summed E-state index contributed by atoms with van der Waals surface area (Å²) in [7, 11) is -4.87. The van der Waals surface area contributed by atoms with E-state index in [0.717, 1.165) is 23.3 Å². The largest absolute Gasteiger partial charge is 0.382 e. The molecule has 4 N–H and O–H groups in total. The molecular weight excluding hydrogens is 411 g/mol. The number of fused-ring (bicyclic) bond motifs is 1. The molecule has 11 heteroatoms. The second-order valence-corrected chi connectivity index (χ2v) is 7.74. The van der Waals surface area contributed by atoms with E-state index >= 15 is 0 Å². The number of halogens is 1. The number of rotatable bonds is 5. The molecular formula is C19H15FN6O3S. The van der Waals surface area contributed by atoms with Crippen LogP contribution in [0.5, 0.6) is 0 Å². The van der Waals surface area contributed by atoms with E-state index < -0.39 is 21.0 Å². The third-order valence-electron chi connectivity index (χ3n) is 4.38. The number of carbonyl (C=O) groups excluding carboxylic acids is 1. The molecule has 0 saturated carbocycles. The Kier molecular flexibility index (Phi) is 4.88. The van der Waals surface area contributed by atoms with Crippen LogP contribution in [0.15, 0.2) is 59.8 Å². The van der Waals surface area contributed by atoms with Crippen LogP contribution in [0.25, 0.3) is 22.6 Å². The second kappa shape index (κ2) is 7.52. The summed E-state index contributed by atoms with van der Waals surface area (Å²) in [6, 6.07) is 12.0. The molecule has 2 aromatic carbocycles. The number of amides is 1. The zero-order valence-corrected chi connectivity index (χ0v) is 16.1. The molecule has 0 aliphatic carbocycles. The molecule has 0 saturated heterocycles. The van der Waals surface area contributed by atoms with E-state index in [1.54, 1.807) is 12.1 Å². The predicted octanol–water partition coefficient (Wildman–Crippen LogP) is 2.19. The summed E-state index contributed by atoms with van der Waals surface area (Å²) in [5, 5.41) is 2.67. The van der Waals surface area contributed by atoms with Gasteiger partial charge in [0.2, 0.25) is 0 Å². The van der Waals surface area contributed by atoms with Crippen LogP contribution in [0.2, 0.25) is 0 Å². The molecule has 0 atom stereocenters. The van der Waals surface area contributed by atoms with Crippen molar-refractivity contribution in [2.45, 2.75) is 11.4 Å². The number of imidazole rings is 1. The summed E-state index contributed by atoms with van der Waals surface area (Å²) >= 11 is 0. The smallest absolute Gasteiger partial charge is 0.332 e. The van der Waals surface area contributed by atoms with E-state index in [1.807, 2.05) is 12.1 Å². The highest BCUT2D eigenvalue weighted by molar-refractivity contribution is 7.86. The molecule has 152 valence electrons. The fraction of sp³-hybridized carbons (Fsp3) is 0.0526. The van der Waals surface area contributed by atoms with Gasteiger partial charge in [-0.05, 0) is 23.8 Å². The van der Waals surface area contributed by atoms with Gasteiger partial charge in [-0.1, -0.05) is 30.3 Å². The zero-order chi connectivity index (χ0) is 21.3. The lowest BCUT2D eigenvalue weighted by molar-refractivity contribution is 0.0950. The summed E-state index contributed by atoms with van der Waals surface area (Å²) in [4.78, 5) is 27.1. The molecule has 2 aromatic heterocycles. The minimum Gasteiger partial charge on any atom is -0.382 e. The van der Waals surface area contributed by atoms with Crippen LogP contribution < -0.4 is 11.1 Å². The molecule has 0 aliphatic heterocycles. The van der Waals surface area contributed by atoms with E-state index in [2.05, 4.69) is 25.3 Å². The summed E-state index contributed by atoms with van der Waals surface area (Å²) in [6.07, 6.45) is 1.34. The highest BCUT2D eigenvalue weighted by Crippen LogP contribution is 2.22. The molecule has 0 unspecified atom stereocenters. The average Bonchev–Trinajstić information content (AvgIpc) is 3.18. The zero-order valence-electron chi connectivity index (χ0n) is 15.3. The maximum absolute atomic E-state index is 13.1. The van der Waals surface area contributed by atoms with Gasteiger partial charge in [0.15, 0.2) is 11.5 Å². The third-order valence-corrected chi connectivity index (χ3v) is 5.19. The van der Waals surface area contributed by atoms with E-state index in [1.165, 1.54) is 18.5 Å². The Hall–Kier alpha value is -3.86. The number of nitrogens with one attached hydrogen (secondary N) is 2. The second-order valence-electron chi connectivity index (χ2n) is 6.39. The molecule has 2 heterocycles.